The van der Waals surface area contributed by atoms with Crippen molar-refractivity contribution in [2.24, 2.45) is 0 Å². The highest BCUT2D eigenvalue weighted by atomic mass is 16.6. The highest BCUT2D eigenvalue weighted by Crippen LogP contribution is 2.28. The summed E-state index contributed by atoms with van der Waals surface area (Å²) in [6.07, 6.45) is 25.3. The lowest BCUT2D eigenvalue weighted by Gasteiger charge is -2.12. The Bertz CT molecular complexity index is 1170. The predicted molar refractivity (Wildman–Crippen MR) is 191 cm³/mol. The van der Waals surface area contributed by atoms with Gasteiger partial charge in [0.05, 0.1) is 10.6 Å². The van der Waals surface area contributed by atoms with Gasteiger partial charge in [-0.2, -0.15) is 0 Å². The van der Waals surface area contributed by atoms with E-state index < -0.39 is 11.0 Å². The van der Waals surface area contributed by atoms with Crippen LogP contribution in [0.3, 0.4) is 0 Å². The van der Waals surface area contributed by atoms with Crippen molar-refractivity contribution in [1.82, 2.24) is 10.3 Å². The summed E-state index contributed by atoms with van der Waals surface area (Å²) >= 11 is 0. The number of aromatic nitrogens is 2. The van der Waals surface area contributed by atoms with Crippen LogP contribution in [0.5, 0.6) is 0 Å². The van der Waals surface area contributed by atoms with Crippen molar-refractivity contribution >= 4 is 34.3 Å². The summed E-state index contributed by atoms with van der Waals surface area (Å²) in [6, 6.07) is 3.04. The first kappa shape index (κ1) is 41.9. The van der Waals surface area contributed by atoms with Gasteiger partial charge in [0.2, 0.25) is 5.52 Å². The summed E-state index contributed by atoms with van der Waals surface area (Å²) < 4.78 is 15.0. The van der Waals surface area contributed by atoms with E-state index in [1.807, 2.05) is 0 Å². The Morgan fingerprint density at radius 2 is 1.14 bits per heavy atom. The van der Waals surface area contributed by atoms with Gasteiger partial charge in [0, 0.05) is 25.5 Å². The van der Waals surface area contributed by atoms with Gasteiger partial charge in [0.15, 0.2) is 5.52 Å². The normalized spacial score (nSPS) is 11.9. The zero-order chi connectivity index (χ0) is 35.4. The largest absolute Gasteiger partial charge is 0.463 e. The van der Waals surface area contributed by atoms with Crippen molar-refractivity contribution < 1.29 is 33.7 Å². The van der Waals surface area contributed by atoms with Crippen LogP contribution in [0.15, 0.2) is 16.8 Å². The molecule has 278 valence electrons. The highest BCUT2D eigenvalue weighted by Gasteiger charge is 2.19. The number of hydrogen-bond donors (Lipinski definition) is 2. The Morgan fingerprint density at radius 1 is 0.714 bits per heavy atom. The lowest BCUT2D eigenvalue weighted by atomic mass is 10.0. The molecule has 0 aliphatic carbocycles. The second kappa shape index (κ2) is 27.5. The third-order valence-electron chi connectivity index (χ3n) is 8.82. The number of nitro groups is 1. The molecule has 0 spiro atoms. The van der Waals surface area contributed by atoms with E-state index in [0.717, 1.165) is 83.6 Å². The van der Waals surface area contributed by atoms with Crippen LogP contribution in [0, 0.1) is 10.1 Å². The number of hydrogen-bond acceptors (Lipinski definition) is 11. The molecule has 0 saturated carbocycles. The number of aliphatic hydroxyl groups is 1. The number of esters is 2. The van der Waals surface area contributed by atoms with E-state index in [9.17, 15) is 24.8 Å². The van der Waals surface area contributed by atoms with Crippen LogP contribution in [0.2, 0.25) is 0 Å². The fourth-order valence-corrected chi connectivity index (χ4v) is 5.86. The predicted octanol–water partition coefficient (Wildman–Crippen LogP) is 9.37. The van der Waals surface area contributed by atoms with Crippen molar-refractivity contribution in [3.05, 3.63) is 22.2 Å². The molecule has 0 radical (unpaired) electrons. The molecule has 2 N–H and O–H groups in total. The molecule has 0 saturated heterocycles. The maximum Gasteiger partial charge on any atom is 0.305 e. The molecule has 0 fully saturated rings. The number of ether oxygens (including phenoxy) is 2. The molecule has 49 heavy (non-hydrogen) atoms. The molecule has 0 amide bonds. The van der Waals surface area contributed by atoms with Gasteiger partial charge in [0.25, 0.3) is 0 Å². The molecular weight excluding hydrogens is 628 g/mol. The number of benzene rings is 1. The molecule has 1 heterocycles. The van der Waals surface area contributed by atoms with Crippen molar-refractivity contribution in [2.45, 2.75) is 167 Å². The van der Waals surface area contributed by atoms with Gasteiger partial charge in [-0.3, -0.25) is 19.7 Å². The van der Waals surface area contributed by atoms with Crippen molar-refractivity contribution in [2.75, 3.05) is 25.1 Å². The van der Waals surface area contributed by atoms with Crippen molar-refractivity contribution in [1.29, 1.82) is 0 Å². The lowest BCUT2D eigenvalue weighted by molar-refractivity contribution is -0.383. The molecule has 1 atom stereocenters. The maximum absolute atomic E-state index is 12.0. The molecule has 12 nitrogen and oxygen atoms in total. The van der Waals surface area contributed by atoms with E-state index >= 15 is 0 Å². The number of carbonyl (C=O) groups excluding carboxylic acids is 2. The average Bonchev–Trinajstić information content (AvgIpc) is 3.59. The molecule has 12 heteroatoms. The lowest BCUT2D eigenvalue weighted by Crippen LogP contribution is -2.25. The monoisotopic (exact) mass is 690 g/mol. The molecule has 2 rings (SSSR count). The number of fused-ring (bicyclic) bond motifs is 1. The minimum absolute atomic E-state index is 0.122. The molecule has 0 bridgehead atoms. The highest BCUT2D eigenvalue weighted by molar-refractivity contribution is 5.93. The average molecular weight is 691 g/mol. The number of aliphatic hydroxyl groups excluding tert-OH is 1. The zero-order valence-corrected chi connectivity index (χ0v) is 30.0. The molecular formula is C37H62N4O8. The number of anilines is 1. The fourth-order valence-electron chi connectivity index (χ4n) is 5.86. The number of nitro benzene ring substituents is 1. The van der Waals surface area contributed by atoms with E-state index in [-0.39, 0.29) is 36.4 Å². The first-order valence-corrected chi connectivity index (χ1v) is 19.0. The van der Waals surface area contributed by atoms with Crippen LogP contribution >= 0.6 is 0 Å². The number of carbonyl (C=O) groups is 2. The Balaban J connectivity index is 1.32. The van der Waals surface area contributed by atoms with Crippen LogP contribution in [0.1, 0.15) is 161 Å². The van der Waals surface area contributed by atoms with Crippen LogP contribution in [-0.2, 0) is 19.1 Å². The Kier molecular flexibility index (Phi) is 23.5. The first-order chi connectivity index (χ1) is 23.9. The number of nitrogens with zero attached hydrogens (tertiary/aromatic N) is 3. The van der Waals surface area contributed by atoms with Crippen LogP contribution in [-0.4, -0.2) is 58.1 Å². The topological polar surface area (TPSA) is 167 Å². The number of nitrogens with one attached hydrogen (secondary N) is 1. The summed E-state index contributed by atoms with van der Waals surface area (Å²) in [5.74, 6) is -0.641. The molecule has 1 aromatic heterocycles. The summed E-state index contributed by atoms with van der Waals surface area (Å²) in [5.41, 5.74) is 1.07. The van der Waals surface area contributed by atoms with E-state index in [1.165, 1.54) is 70.3 Å². The molecule has 0 aliphatic rings. The minimum Gasteiger partial charge on any atom is -0.463 e. The molecule has 0 aliphatic heterocycles. The van der Waals surface area contributed by atoms with E-state index in [2.05, 4.69) is 27.2 Å². The quantitative estimate of drug-likeness (QED) is 0.0325. The molecule has 1 aromatic carbocycles. The Morgan fingerprint density at radius 3 is 1.61 bits per heavy atom. The van der Waals surface area contributed by atoms with E-state index in [0.29, 0.717) is 24.0 Å². The Hall–Kier alpha value is -3.28. The van der Waals surface area contributed by atoms with Crippen molar-refractivity contribution in [3.8, 4) is 0 Å². The van der Waals surface area contributed by atoms with Gasteiger partial charge in [-0.25, -0.2) is 4.63 Å². The third-order valence-corrected chi connectivity index (χ3v) is 8.82. The smallest absolute Gasteiger partial charge is 0.305 e. The Labute approximate surface area is 292 Å². The van der Waals surface area contributed by atoms with Gasteiger partial charge in [0.1, 0.15) is 19.3 Å². The SMILES string of the molecule is CCCCCCCCCCCCCCCC(=O)OCC(O)COC(=O)CCCCCCCCCCCNc1ccc([N+](=O)[O-])c2nonc12. The minimum atomic E-state index is -1.00. The summed E-state index contributed by atoms with van der Waals surface area (Å²) in [5, 5.41) is 31.8. The third kappa shape index (κ3) is 20.1. The number of non-ortho nitro benzene ring substituents is 1. The van der Waals surface area contributed by atoms with Gasteiger partial charge in [-0.1, -0.05) is 129 Å². The molecule has 1 unspecified atom stereocenters. The second-order valence-electron chi connectivity index (χ2n) is 13.2. The maximum atomic E-state index is 12.0. The molecule has 2 aromatic rings. The summed E-state index contributed by atoms with van der Waals surface area (Å²) in [6.45, 7) is 2.68. The van der Waals surface area contributed by atoms with Gasteiger partial charge >= 0.3 is 17.6 Å². The van der Waals surface area contributed by atoms with Gasteiger partial charge in [-0.15, -0.1) is 0 Å². The van der Waals surface area contributed by atoms with Crippen LogP contribution < -0.4 is 5.32 Å². The number of rotatable bonds is 32. The summed E-state index contributed by atoms with van der Waals surface area (Å²) in [4.78, 5) is 34.5. The standard InChI is InChI=1S/C37H62N4O8/c1-2-3-4-5-6-7-8-9-10-12-15-18-21-24-34(43)47-29-31(42)30-48-35(44)25-22-19-16-13-11-14-17-20-23-28-38-32-26-27-33(41(45)46)37-36(32)39-49-40-37/h26-27,31,38,42H,2-25,28-30H2,1H3. The van der Waals surface area contributed by atoms with Gasteiger partial charge < -0.3 is 19.9 Å². The van der Waals surface area contributed by atoms with Crippen LogP contribution in [0.4, 0.5) is 11.4 Å². The van der Waals surface area contributed by atoms with E-state index in [4.69, 9.17) is 9.47 Å². The second-order valence-corrected chi connectivity index (χ2v) is 13.2. The van der Waals surface area contributed by atoms with E-state index in [1.54, 1.807) is 6.07 Å². The number of unbranched alkanes of at least 4 members (excludes halogenated alkanes) is 20. The van der Waals surface area contributed by atoms with Crippen LogP contribution in [0.25, 0.3) is 11.0 Å². The first-order valence-electron chi connectivity index (χ1n) is 19.0. The fraction of sp³-hybridized carbons (Fsp3) is 0.784. The summed E-state index contributed by atoms with van der Waals surface area (Å²) in [7, 11) is 0. The van der Waals surface area contributed by atoms with Gasteiger partial charge in [-0.05, 0) is 35.6 Å². The van der Waals surface area contributed by atoms with Crippen molar-refractivity contribution in [3.63, 3.8) is 0 Å². The zero-order valence-electron chi connectivity index (χ0n) is 30.0.